The predicted octanol–water partition coefficient (Wildman–Crippen LogP) is 1.85. The fraction of sp³-hybridized carbons (Fsp3) is 0.333. The van der Waals surface area contributed by atoms with Crippen LogP contribution in [0.3, 0.4) is 0 Å². The van der Waals surface area contributed by atoms with Gasteiger partial charge in [0.1, 0.15) is 28.3 Å². The molecule has 0 aliphatic rings. The van der Waals surface area contributed by atoms with E-state index in [1.54, 1.807) is 56.1 Å². The van der Waals surface area contributed by atoms with Crippen molar-refractivity contribution in [3.05, 3.63) is 53.4 Å². The van der Waals surface area contributed by atoms with Crippen LogP contribution in [0.15, 0.2) is 35.5 Å². The molecule has 2 heterocycles. The van der Waals surface area contributed by atoms with E-state index in [0.717, 1.165) is 0 Å². The number of aromatic nitrogens is 4. The molecule has 150 valence electrons. The number of aryl methyl sites for hydroxylation is 3. The standard InChI is InChI=1S/C18H23N5O4S/c1-11-17(12(2)21-20-11)28(24,25)22-16(18-19-6-7-23(18)3)13-8-14(26-4)10-15(9-13)27-5/h6-10,16,22H,1-5H3,(H,20,21)/t16-/m0/s1. The molecule has 0 unspecified atom stereocenters. The highest BCUT2D eigenvalue weighted by molar-refractivity contribution is 7.89. The molecule has 2 aromatic heterocycles. The third-order valence-electron chi connectivity index (χ3n) is 4.43. The van der Waals surface area contributed by atoms with E-state index in [2.05, 4.69) is 19.9 Å². The summed E-state index contributed by atoms with van der Waals surface area (Å²) in [5.74, 6) is 1.62. The molecule has 0 saturated heterocycles. The molecule has 3 rings (SSSR count). The number of H-pyrrole nitrogens is 1. The van der Waals surface area contributed by atoms with Crippen LogP contribution in [0.5, 0.6) is 11.5 Å². The fourth-order valence-corrected chi connectivity index (χ4v) is 4.62. The van der Waals surface area contributed by atoms with E-state index in [9.17, 15) is 8.42 Å². The third-order valence-corrected chi connectivity index (χ3v) is 6.11. The molecule has 10 heteroatoms. The Bertz CT molecular complexity index is 1050. The van der Waals surface area contributed by atoms with Crippen molar-refractivity contribution in [3.8, 4) is 11.5 Å². The van der Waals surface area contributed by atoms with E-state index in [1.807, 2.05) is 0 Å². The smallest absolute Gasteiger partial charge is 0.245 e. The van der Waals surface area contributed by atoms with Gasteiger partial charge in [-0.15, -0.1) is 0 Å². The number of hydrogen-bond acceptors (Lipinski definition) is 6. The maximum absolute atomic E-state index is 13.2. The minimum absolute atomic E-state index is 0.126. The summed E-state index contributed by atoms with van der Waals surface area (Å²) in [6.07, 6.45) is 3.37. The van der Waals surface area contributed by atoms with Crippen molar-refractivity contribution in [2.75, 3.05) is 14.2 Å². The van der Waals surface area contributed by atoms with Crippen LogP contribution in [0.2, 0.25) is 0 Å². The first-order valence-electron chi connectivity index (χ1n) is 8.51. The summed E-state index contributed by atoms with van der Waals surface area (Å²) in [5.41, 5.74) is 1.49. The molecule has 0 aliphatic heterocycles. The zero-order valence-corrected chi connectivity index (χ0v) is 17.2. The number of hydrogen-bond donors (Lipinski definition) is 2. The highest BCUT2D eigenvalue weighted by atomic mass is 32.2. The molecule has 0 radical (unpaired) electrons. The number of imidazole rings is 1. The van der Waals surface area contributed by atoms with Crippen LogP contribution >= 0.6 is 0 Å². The van der Waals surface area contributed by atoms with Crippen LogP contribution in [-0.2, 0) is 17.1 Å². The number of methoxy groups -OCH3 is 2. The van der Waals surface area contributed by atoms with Gasteiger partial charge in [0.05, 0.1) is 25.6 Å². The van der Waals surface area contributed by atoms with E-state index in [0.29, 0.717) is 34.3 Å². The molecule has 0 fully saturated rings. The molecule has 0 aliphatic carbocycles. The Hall–Kier alpha value is -2.85. The first kappa shape index (κ1) is 19.9. The number of rotatable bonds is 7. The summed E-state index contributed by atoms with van der Waals surface area (Å²) in [6, 6.07) is 4.46. The van der Waals surface area contributed by atoms with E-state index in [1.165, 1.54) is 14.2 Å². The summed E-state index contributed by atoms with van der Waals surface area (Å²) in [5, 5.41) is 6.70. The Morgan fingerprint density at radius 3 is 2.25 bits per heavy atom. The van der Waals surface area contributed by atoms with Gasteiger partial charge in [0, 0.05) is 25.5 Å². The summed E-state index contributed by atoms with van der Waals surface area (Å²) >= 11 is 0. The highest BCUT2D eigenvalue weighted by Crippen LogP contribution is 2.31. The first-order chi connectivity index (χ1) is 13.3. The van der Waals surface area contributed by atoms with Crippen LogP contribution in [0.4, 0.5) is 0 Å². The number of benzene rings is 1. The Labute approximate surface area is 163 Å². The van der Waals surface area contributed by atoms with E-state index >= 15 is 0 Å². The molecule has 3 aromatic rings. The number of nitrogens with zero attached hydrogens (tertiary/aromatic N) is 3. The number of nitrogens with one attached hydrogen (secondary N) is 2. The van der Waals surface area contributed by atoms with Crippen molar-refractivity contribution < 1.29 is 17.9 Å². The molecule has 2 N–H and O–H groups in total. The van der Waals surface area contributed by atoms with Crippen molar-refractivity contribution >= 4 is 10.0 Å². The second-order valence-corrected chi connectivity index (χ2v) is 8.01. The first-order valence-corrected chi connectivity index (χ1v) is 9.99. The molecule has 9 nitrogen and oxygen atoms in total. The zero-order valence-electron chi connectivity index (χ0n) is 16.3. The van der Waals surface area contributed by atoms with Gasteiger partial charge in [0.25, 0.3) is 0 Å². The van der Waals surface area contributed by atoms with E-state index in [-0.39, 0.29) is 4.90 Å². The summed E-state index contributed by atoms with van der Waals surface area (Å²) in [7, 11) is 0.991. The van der Waals surface area contributed by atoms with Gasteiger partial charge < -0.3 is 14.0 Å². The summed E-state index contributed by atoms with van der Waals surface area (Å²) in [4.78, 5) is 4.47. The SMILES string of the molecule is COc1cc(OC)cc([C@H](NS(=O)(=O)c2c(C)n[nH]c2C)c2nccn2C)c1. The van der Waals surface area contributed by atoms with Gasteiger partial charge in [0.15, 0.2) is 0 Å². The highest BCUT2D eigenvalue weighted by Gasteiger charge is 2.30. The van der Waals surface area contributed by atoms with E-state index in [4.69, 9.17) is 9.47 Å². The molecule has 1 aromatic carbocycles. The molecule has 28 heavy (non-hydrogen) atoms. The zero-order chi connectivity index (χ0) is 20.5. The molecule has 0 amide bonds. The Morgan fingerprint density at radius 2 is 1.79 bits per heavy atom. The van der Waals surface area contributed by atoms with E-state index < -0.39 is 16.1 Å². The van der Waals surface area contributed by atoms with Gasteiger partial charge in [-0.3, -0.25) is 5.10 Å². The molecule has 0 saturated carbocycles. The maximum atomic E-state index is 13.2. The lowest BCUT2D eigenvalue weighted by Gasteiger charge is -2.20. The Morgan fingerprint density at radius 1 is 1.14 bits per heavy atom. The second kappa shape index (κ2) is 7.64. The minimum Gasteiger partial charge on any atom is -0.497 e. The molecular weight excluding hydrogens is 382 g/mol. The number of ether oxygens (including phenoxy) is 2. The van der Waals surface area contributed by atoms with Crippen LogP contribution in [0.1, 0.15) is 28.8 Å². The van der Waals surface area contributed by atoms with Crippen molar-refractivity contribution in [1.29, 1.82) is 0 Å². The van der Waals surface area contributed by atoms with Gasteiger partial charge >= 0.3 is 0 Å². The van der Waals surface area contributed by atoms with Crippen molar-refractivity contribution in [2.24, 2.45) is 7.05 Å². The van der Waals surface area contributed by atoms with Crippen LogP contribution in [0.25, 0.3) is 0 Å². The second-order valence-electron chi connectivity index (χ2n) is 6.36. The lowest BCUT2D eigenvalue weighted by Crippen LogP contribution is -2.31. The monoisotopic (exact) mass is 405 g/mol. The lowest BCUT2D eigenvalue weighted by atomic mass is 10.1. The van der Waals surface area contributed by atoms with Crippen molar-refractivity contribution in [2.45, 2.75) is 24.8 Å². The molecule has 1 atom stereocenters. The summed E-state index contributed by atoms with van der Waals surface area (Å²) < 4.78 is 41.5. The largest absolute Gasteiger partial charge is 0.497 e. The fourth-order valence-electron chi connectivity index (χ4n) is 3.07. The molecule has 0 spiro atoms. The average molecular weight is 405 g/mol. The predicted molar refractivity (Wildman–Crippen MR) is 103 cm³/mol. The number of aromatic amines is 1. The van der Waals surface area contributed by atoms with Gasteiger partial charge in [-0.2, -0.15) is 9.82 Å². The molecule has 0 bridgehead atoms. The molecular formula is C18H23N5O4S. The topological polar surface area (TPSA) is 111 Å². The normalized spacial score (nSPS) is 12.8. The minimum atomic E-state index is -3.89. The van der Waals surface area contributed by atoms with Crippen molar-refractivity contribution in [1.82, 2.24) is 24.5 Å². The van der Waals surface area contributed by atoms with Gasteiger partial charge in [0.2, 0.25) is 10.0 Å². The number of sulfonamides is 1. The summed E-state index contributed by atoms with van der Waals surface area (Å²) in [6.45, 7) is 3.31. The van der Waals surface area contributed by atoms with Crippen molar-refractivity contribution in [3.63, 3.8) is 0 Å². The van der Waals surface area contributed by atoms with Gasteiger partial charge in [-0.1, -0.05) is 0 Å². The van der Waals surface area contributed by atoms with Gasteiger partial charge in [-0.05, 0) is 31.5 Å². The van der Waals surface area contributed by atoms with Crippen LogP contribution in [0, 0.1) is 13.8 Å². The van der Waals surface area contributed by atoms with Crippen LogP contribution in [-0.4, -0.2) is 42.4 Å². The average Bonchev–Trinajstić information content (AvgIpc) is 3.24. The van der Waals surface area contributed by atoms with Gasteiger partial charge in [-0.25, -0.2) is 13.4 Å². The maximum Gasteiger partial charge on any atom is 0.245 e. The van der Waals surface area contributed by atoms with Crippen LogP contribution < -0.4 is 14.2 Å². The Balaban J connectivity index is 2.13. The Kier molecular flexibility index (Phi) is 5.43. The lowest BCUT2D eigenvalue weighted by molar-refractivity contribution is 0.392. The third kappa shape index (κ3) is 3.73. The quantitative estimate of drug-likeness (QED) is 0.621.